The van der Waals surface area contributed by atoms with Crippen LogP contribution in [0.25, 0.3) is 10.9 Å². The number of pyridine rings is 1. The highest BCUT2D eigenvalue weighted by Gasteiger charge is 2.15. The zero-order valence-corrected chi connectivity index (χ0v) is 12.5. The van der Waals surface area contributed by atoms with Crippen LogP contribution in [0.5, 0.6) is 0 Å². The first-order valence-electron chi connectivity index (χ1n) is 6.25. The van der Waals surface area contributed by atoms with Crippen LogP contribution in [0.3, 0.4) is 0 Å². The highest BCUT2D eigenvalue weighted by Crippen LogP contribution is 2.15. The molecule has 18 heavy (non-hydrogen) atoms. The van der Waals surface area contributed by atoms with Crippen molar-refractivity contribution in [1.29, 1.82) is 0 Å². The molecular weight excluding hydrogens is 288 g/mol. The van der Waals surface area contributed by atoms with Crippen LogP contribution in [0.2, 0.25) is 0 Å². The van der Waals surface area contributed by atoms with E-state index in [2.05, 4.69) is 58.3 Å². The van der Waals surface area contributed by atoms with Gasteiger partial charge < -0.3 is 5.32 Å². The number of hydrogen-bond acceptors (Lipinski definition) is 2. The molecule has 0 saturated heterocycles. The second-order valence-electron chi connectivity index (χ2n) is 5.21. The molecule has 0 fully saturated rings. The zero-order valence-electron chi connectivity index (χ0n) is 10.9. The Bertz CT molecular complexity index is 523. The number of aromatic nitrogens is 1. The average molecular weight is 307 g/mol. The highest BCUT2D eigenvalue weighted by molar-refractivity contribution is 9.09. The van der Waals surface area contributed by atoms with Crippen LogP contribution in [-0.4, -0.2) is 15.9 Å². The molecule has 2 rings (SSSR count). The predicted octanol–water partition coefficient (Wildman–Crippen LogP) is 3.89. The van der Waals surface area contributed by atoms with Crippen molar-refractivity contribution >= 4 is 26.8 Å². The third-order valence-electron chi connectivity index (χ3n) is 3.14. The number of nitrogens with one attached hydrogen (secondary N) is 1. The lowest BCUT2D eigenvalue weighted by Gasteiger charge is -2.25. The lowest BCUT2D eigenvalue weighted by atomic mass is 10.0. The molecule has 0 aliphatic carbocycles. The molecule has 2 nitrogen and oxygen atoms in total. The number of halogens is 1. The summed E-state index contributed by atoms with van der Waals surface area (Å²) in [6, 6.07) is 10.4. The van der Waals surface area contributed by atoms with E-state index in [-0.39, 0.29) is 5.54 Å². The molecule has 1 N–H and O–H groups in total. The van der Waals surface area contributed by atoms with Gasteiger partial charge in [0.15, 0.2) is 0 Å². The van der Waals surface area contributed by atoms with Crippen LogP contribution in [-0.2, 0) is 6.54 Å². The first-order valence-corrected chi connectivity index (χ1v) is 7.37. The minimum absolute atomic E-state index is 0.148. The van der Waals surface area contributed by atoms with Gasteiger partial charge >= 0.3 is 0 Å². The summed E-state index contributed by atoms with van der Waals surface area (Å²) < 4.78 is 0. The normalized spacial score (nSPS) is 11.9. The Morgan fingerprint density at radius 3 is 2.83 bits per heavy atom. The Labute approximate surface area is 117 Å². The summed E-state index contributed by atoms with van der Waals surface area (Å²) in [6.07, 6.45) is 3.06. The lowest BCUT2D eigenvalue weighted by molar-refractivity contribution is 0.378. The second kappa shape index (κ2) is 5.81. The Morgan fingerprint density at radius 1 is 1.28 bits per heavy atom. The van der Waals surface area contributed by atoms with Crippen molar-refractivity contribution in [1.82, 2.24) is 10.3 Å². The second-order valence-corrected chi connectivity index (χ2v) is 6.01. The molecular formula is C15H19BrN2. The zero-order chi connectivity index (χ0) is 13.0. The maximum absolute atomic E-state index is 4.48. The molecule has 1 aromatic carbocycles. The summed E-state index contributed by atoms with van der Waals surface area (Å²) in [7, 11) is 0. The molecule has 3 heteroatoms. The molecule has 0 bridgehead atoms. The van der Waals surface area contributed by atoms with E-state index in [1.807, 2.05) is 18.3 Å². The van der Waals surface area contributed by atoms with Crippen molar-refractivity contribution in [2.24, 2.45) is 0 Å². The molecule has 1 aromatic heterocycles. The van der Waals surface area contributed by atoms with Gasteiger partial charge in [0, 0.05) is 29.0 Å². The molecule has 0 atom stereocenters. The van der Waals surface area contributed by atoms with Crippen LogP contribution in [0, 0.1) is 0 Å². The van der Waals surface area contributed by atoms with Gasteiger partial charge in [-0.15, -0.1) is 0 Å². The first-order chi connectivity index (χ1) is 8.61. The van der Waals surface area contributed by atoms with Gasteiger partial charge in [-0.3, -0.25) is 4.98 Å². The quantitative estimate of drug-likeness (QED) is 0.848. The molecule has 0 amide bonds. The number of para-hydroxylation sites is 1. The van der Waals surface area contributed by atoms with E-state index in [1.165, 1.54) is 10.9 Å². The summed E-state index contributed by atoms with van der Waals surface area (Å²) in [4.78, 5) is 4.48. The van der Waals surface area contributed by atoms with Gasteiger partial charge in [0.25, 0.3) is 0 Å². The van der Waals surface area contributed by atoms with Crippen LogP contribution in [0.1, 0.15) is 25.8 Å². The Hall–Kier alpha value is -0.930. The van der Waals surface area contributed by atoms with Crippen LogP contribution < -0.4 is 5.32 Å². The Balaban J connectivity index is 2.08. The molecule has 2 aromatic rings. The van der Waals surface area contributed by atoms with Gasteiger partial charge in [-0.1, -0.05) is 34.1 Å². The fourth-order valence-corrected chi connectivity index (χ4v) is 2.87. The van der Waals surface area contributed by atoms with Crippen LogP contribution in [0.4, 0.5) is 0 Å². The summed E-state index contributed by atoms with van der Waals surface area (Å²) in [5.41, 5.74) is 2.44. The number of benzene rings is 1. The van der Waals surface area contributed by atoms with Crippen LogP contribution in [0.15, 0.2) is 36.5 Å². The van der Waals surface area contributed by atoms with E-state index >= 15 is 0 Å². The minimum Gasteiger partial charge on any atom is -0.308 e. The molecule has 0 unspecified atom stereocenters. The smallest absolute Gasteiger partial charge is 0.0702 e. The van der Waals surface area contributed by atoms with Crippen molar-refractivity contribution in [3.05, 3.63) is 42.1 Å². The topological polar surface area (TPSA) is 24.9 Å². The maximum Gasteiger partial charge on any atom is 0.0702 e. The van der Waals surface area contributed by atoms with Crippen molar-refractivity contribution < 1.29 is 0 Å². The number of rotatable bonds is 5. The Kier molecular flexibility index (Phi) is 4.36. The summed E-state index contributed by atoms with van der Waals surface area (Å²) in [5, 5.41) is 5.79. The third-order valence-corrected chi connectivity index (χ3v) is 3.53. The molecule has 0 radical (unpaired) electrons. The Morgan fingerprint density at radius 2 is 2.06 bits per heavy atom. The van der Waals surface area contributed by atoms with E-state index in [1.54, 1.807) is 0 Å². The van der Waals surface area contributed by atoms with Crippen molar-refractivity contribution in [2.75, 3.05) is 5.33 Å². The standard InChI is InChI=1S/C15H19BrN2/c1-15(2,7-8-16)18-11-12-9-13-5-3-4-6-14(13)17-10-12/h3-6,9-10,18H,7-8,11H2,1-2H3. The van der Waals surface area contributed by atoms with E-state index in [4.69, 9.17) is 0 Å². The lowest BCUT2D eigenvalue weighted by Crippen LogP contribution is -2.39. The molecule has 96 valence electrons. The maximum atomic E-state index is 4.48. The number of fused-ring (bicyclic) bond motifs is 1. The van der Waals surface area contributed by atoms with E-state index in [0.717, 1.165) is 23.8 Å². The molecule has 0 aliphatic rings. The van der Waals surface area contributed by atoms with Gasteiger partial charge in [0.1, 0.15) is 0 Å². The van der Waals surface area contributed by atoms with E-state index in [0.29, 0.717) is 0 Å². The first kappa shape index (κ1) is 13.5. The SMILES string of the molecule is CC(C)(CCBr)NCc1cnc2ccccc2c1. The molecule has 0 saturated carbocycles. The fraction of sp³-hybridized carbons (Fsp3) is 0.400. The number of alkyl halides is 1. The van der Waals surface area contributed by atoms with Gasteiger partial charge in [0.05, 0.1) is 5.52 Å². The largest absolute Gasteiger partial charge is 0.308 e. The van der Waals surface area contributed by atoms with Crippen LogP contribution >= 0.6 is 15.9 Å². The van der Waals surface area contributed by atoms with Gasteiger partial charge in [0.2, 0.25) is 0 Å². The minimum atomic E-state index is 0.148. The van der Waals surface area contributed by atoms with Crippen molar-refractivity contribution in [3.63, 3.8) is 0 Å². The molecule has 0 aliphatic heterocycles. The van der Waals surface area contributed by atoms with E-state index in [9.17, 15) is 0 Å². The highest BCUT2D eigenvalue weighted by atomic mass is 79.9. The summed E-state index contributed by atoms with van der Waals surface area (Å²) >= 11 is 3.49. The monoisotopic (exact) mass is 306 g/mol. The van der Waals surface area contributed by atoms with Gasteiger partial charge in [-0.05, 0) is 38.0 Å². The van der Waals surface area contributed by atoms with Crippen molar-refractivity contribution in [3.8, 4) is 0 Å². The summed E-state index contributed by atoms with van der Waals surface area (Å²) in [6.45, 7) is 5.31. The fourth-order valence-electron chi connectivity index (χ4n) is 1.88. The molecule has 0 spiro atoms. The molecule has 1 heterocycles. The van der Waals surface area contributed by atoms with E-state index < -0.39 is 0 Å². The van der Waals surface area contributed by atoms with Gasteiger partial charge in [-0.2, -0.15) is 0 Å². The van der Waals surface area contributed by atoms with Crippen molar-refractivity contribution in [2.45, 2.75) is 32.4 Å². The number of hydrogen-bond donors (Lipinski definition) is 1. The number of nitrogens with zero attached hydrogens (tertiary/aromatic N) is 1. The van der Waals surface area contributed by atoms with Gasteiger partial charge in [-0.25, -0.2) is 0 Å². The average Bonchev–Trinajstić information content (AvgIpc) is 2.36. The third kappa shape index (κ3) is 3.53. The predicted molar refractivity (Wildman–Crippen MR) is 81.1 cm³/mol. The summed E-state index contributed by atoms with van der Waals surface area (Å²) in [5.74, 6) is 0.